The lowest BCUT2D eigenvalue weighted by Gasteiger charge is -2.71. The number of aliphatic hydroxyl groups excluding tert-OH is 7. The second-order valence-corrected chi connectivity index (χ2v) is 17.1. The summed E-state index contributed by atoms with van der Waals surface area (Å²) in [5, 5.41) is 74.9. The Balaban J connectivity index is 1.35. The van der Waals surface area contributed by atoms with Gasteiger partial charge in [0.15, 0.2) is 6.29 Å². The molecule has 0 unspecified atom stereocenters. The van der Waals surface area contributed by atoms with Crippen LogP contribution in [0.3, 0.4) is 0 Å². The largest absolute Gasteiger partial charge is 0.396 e. The molecule has 0 aromatic heterocycles. The van der Waals surface area contributed by atoms with E-state index in [0.29, 0.717) is 25.0 Å². The number of rotatable bonds is 5. The van der Waals surface area contributed by atoms with Crippen molar-refractivity contribution in [2.75, 3.05) is 19.8 Å². The van der Waals surface area contributed by atoms with Gasteiger partial charge in [-0.3, -0.25) is 4.79 Å². The first-order valence-corrected chi connectivity index (χ1v) is 17.1. The van der Waals surface area contributed by atoms with Crippen LogP contribution in [0.15, 0.2) is 11.6 Å². The fourth-order valence-corrected chi connectivity index (χ4v) is 11.9. The Morgan fingerprint density at radius 1 is 0.867 bits per heavy atom. The fraction of sp³-hybridized carbons (Fsp3) is 0.914. The molecule has 7 N–H and O–H groups in total. The van der Waals surface area contributed by atoms with Gasteiger partial charge < -0.3 is 45.2 Å². The van der Waals surface area contributed by atoms with Gasteiger partial charge in [0.2, 0.25) is 0 Å². The number of hydrogen-bond acceptors (Lipinski definition) is 10. The van der Waals surface area contributed by atoms with E-state index in [1.165, 1.54) is 5.57 Å². The Morgan fingerprint density at radius 3 is 2.20 bits per heavy atom. The van der Waals surface area contributed by atoms with Crippen LogP contribution in [0.1, 0.15) is 86.0 Å². The third kappa shape index (κ3) is 4.71. The first kappa shape index (κ1) is 33.9. The molecule has 45 heavy (non-hydrogen) atoms. The van der Waals surface area contributed by atoms with Crippen LogP contribution < -0.4 is 0 Å². The molecule has 10 nitrogen and oxygen atoms in total. The molecule has 1 heterocycles. The highest BCUT2D eigenvalue weighted by molar-refractivity contribution is 5.85. The van der Waals surface area contributed by atoms with E-state index in [2.05, 4.69) is 40.7 Å². The van der Waals surface area contributed by atoms with Crippen LogP contribution in [0.5, 0.6) is 0 Å². The molecule has 1 aliphatic heterocycles. The lowest BCUT2D eigenvalue weighted by atomic mass is 9.34. The average molecular weight is 637 g/mol. The van der Waals surface area contributed by atoms with Gasteiger partial charge >= 0.3 is 0 Å². The highest BCUT2D eigenvalue weighted by Gasteiger charge is 2.71. The van der Waals surface area contributed by atoms with Crippen LogP contribution in [0.2, 0.25) is 0 Å². The summed E-state index contributed by atoms with van der Waals surface area (Å²) < 4.78 is 11.8. The topological polar surface area (TPSA) is 177 Å². The quantitative estimate of drug-likeness (QED) is 0.174. The van der Waals surface area contributed by atoms with Gasteiger partial charge in [0, 0.05) is 23.2 Å². The third-order valence-corrected chi connectivity index (χ3v) is 14.5. The number of aliphatic hydroxyl groups is 7. The van der Waals surface area contributed by atoms with Gasteiger partial charge in [0.25, 0.3) is 0 Å². The number of allylic oxidation sites excluding steroid dienone is 2. The molecule has 5 fully saturated rings. The molecular formula is C35H56O10. The molecule has 6 rings (SSSR count). The van der Waals surface area contributed by atoms with Gasteiger partial charge in [0.05, 0.1) is 32.0 Å². The van der Waals surface area contributed by atoms with Crippen molar-refractivity contribution in [3.8, 4) is 0 Å². The van der Waals surface area contributed by atoms with Gasteiger partial charge in [-0.2, -0.15) is 0 Å². The van der Waals surface area contributed by atoms with E-state index >= 15 is 0 Å². The van der Waals surface area contributed by atoms with Gasteiger partial charge in [-0.15, -0.1) is 0 Å². The highest BCUT2D eigenvalue weighted by atomic mass is 16.7. The molecule has 0 aromatic rings. The van der Waals surface area contributed by atoms with E-state index in [9.17, 15) is 40.5 Å². The summed E-state index contributed by atoms with van der Waals surface area (Å²) in [7, 11) is 0. The Labute approximate surface area is 266 Å². The van der Waals surface area contributed by atoms with Gasteiger partial charge in [0.1, 0.15) is 30.2 Å². The molecule has 256 valence electrons. The summed E-state index contributed by atoms with van der Waals surface area (Å²) in [5.41, 5.74) is -0.775. The van der Waals surface area contributed by atoms with Crippen molar-refractivity contribution in [3.63, 3.8) is 0 Å². The van der Waals surface area contributed by atoms with Crippen molar-refractivity contribution < 1.29 is 50.0 Å². The first-order chi connectivity index (χ1) is 21.0. The summed E-state index contributed by atoms with van der Waals surface area (Å²) >= 11 is 0. The number of ether oxygens (including phenoxy) is 2. The predicted octanol–water partition coefficient (Wildman–Crippen LogP) is 1.70. The Bertz CT molecular complexity index is 1180. The Hall–Kier alpha value is -0.950. The summed E-state index contributed by atoms with van der Waals surface area (Å²) in [6.45, 7) is 9.82. The molecule has 0 spiro atoms. The summed E-state index contributed by atoms with van der Waals surface area (Å²) in [5.74, 6) is 0.526. The van der Waals surface area contributed by atoms with Gasteiger partial charge in [-0.05, 0) is 78.9 Å². The normalized spacial score (nSPS) is 52.1. The molecule has 5 aliphatic carbocycles. The number of hydrogen-bond donors (Lipinski definition) is 7. The molecule has 1 saturated heterocycles. The number of fused-ring (bicyclic) bond motifs is 7. The van der Waals surface area contributed by atoms with E-state index in [4.69, 9.17) is 9.47 Å². The lowest BCUT2D eigenvalue weighted by Crippen LogP contribution is -2.71. The molecule has 0 bridgehead atoms. The van der Waals surface area contributed by atoms with Crippen molar-refractivity contribution in [1.82, 2.24) is 0 Å². The van der Waals surface area contributed by atoms with Crippen molar-refractivity contribution in [2.24, 2.45) is 50.7 Å². The van der Waals surface area contributed by atoms with Crippen LogP contribution in [0, 0.1) is 50.7 Å². The predicted molar refractivity (Wildman–Crippen MR) is 163 cm³/mol. The van der Waals surface area contributed by atoms with Crippen LogP contribution in [0.25, 0.3) is 0 Å². The monoisotopic (exact) mass is 636 g/mol. The molecule has 0 radical (unpaired) electrons. The van der Waals surface area contributed by atoms with E-state index in [0.717, 1.165) is 32.1 Å². The third-order valence-electron chi connectivity index (χ3n) is 14.5. The van der Waals surface area contributed by atoms with Gasteiger partial charge in [-0.1, -0.05) is 46.3 Å². The van der Waals surface area contributed by atoms with Crippen LogP contribution in [0.4, 0.5) is 0 Å². The van der Waals surface area contributed by atoms with Crippen molar-refractivity contribution in [3.05, 3.63) is 11.6 Å². The van der Waals surface area contributed by atoms with Crippen LogP contribution in [-0.2, 0) is 14.3 Å². The zero-order chi connectivity index (χ0) is 32.9. The fourth-order valence-electron chi connectivity index (χ4n) is 11.9. The minimum absolute atomic E-state index is 0.0683. The maximum Gasteiger partial charge on any atom is 0.187 e. The van der Waals surface area contributed by atoms with Crippen molar-refractivity contribution >= 4 is 5.78 Å². The lowest BCUT2D eigenvalue weighted by molar-refractivity contribution is -0.349. The van der Waals surface area contributed by atoms with Crippen molar-refractivity contribution in [2.45, 2.75) is 129 Å². The van der Waals surface area contributed by atoms with E-state index in [-0.39, 0.29) is 39.9 Å². The minimum atomic E-state index is -1.67. The van der Waals surface area contributed by atoms with Crippen LogP contribution in [-0.4, -0.2) is 104 Å². The van der Waals surface area contributed by atoms with Crippen molar-refractivity contribution in [1.29, 1.82) is 0 Å². The Morgan fingerprint density at radius 2 is 1.56 bits per heavy atom. The maximum absolute atomic E-state index is 13.8. The smallest absolute Gasteiger partial charge is 0.187 e. The zero-order valence-corrected chi connectivity index (χ0v) is 27.6. The van der Waals surface area contributed by atoms with E-state index in [1.54, 1.807) is 0 Å². The minimum Gasteiger partial charge on any atom is -0.396 e. The summed E-state index contributed by atoms with van der Waals surface area (Å²) in [4.78, 5) is 13.8. The maximum atomic E-state index is 13.8. The molecule has 10 heteroatoms. The molecule has 14 atom stereocenters. The molecule has 0 aromatic carbocycles. The average Bonchev–Trinajstić information content (AvgIpc) is 2.97. The number of carbonyl (C=O) groups excluding carboxylic acids is 1. The molecule has 6 aliphatic rings. The molecule has 4 saturated carbocycles. The number of ketones is 1. The zero-order valence-electron chi connectivity index (χ0n) is 27.6. The number of carbonyl (C=O) groups is 1. The van der Waals surface area contributed by atoms with Crippen LogP contribution >= 0.6 is 0 Å². The highest BCUT2D eigenvalue weighted by Crippen LogP contribution is 2.74. The SMILES string of the molecule is CC1(C)CC[C@@H]2C(=O)C[C@]3(C)C(=CC[C@@H]4[C@@]5(C)C[C@H](O)[C@H](O[C@@H]6O[C@H](CO)[C@@H](O)[C@H](O)[C@H]6O)C(CO)(CO)[C@@H]5CC[C@]43C)[C@@H]2C1. The Kier molecular flexibility index (Phi) is 8.53. The number of Topliss-reactive ketones (excluding diaryl/α,β-unsaturated/α-hetero) is 1. The molecule has 0 amide bonds. The second kappa shape index (κ2) is 11.3. The first-order valence-electron chi connectivity index (χ1n) is 17.1. The van der Waals surface area contributed by atoms with Gasteiger partial charge in [-0.25, -0.2) is 0 Å². The summed E-state index contributed by atoms with van der Waals surface area (Å²) in [6.07, 6.45) is -1.40. The second-order valence-electron chi connectivity index (χ2n) is 17.1. The van der Waals surface area contributed by atoms with E-state index < -0.39 is 73.6 Å². The molecular weight excluding hydrogens is 580 g/mol. The summed E-state index contributed by atoms with van der Waals surface area (Å²) in [6, 6.07) is 0. The van der Waals surface area contributed by atoms with E-state index in [1.807, 2.05) is 0 Å². The standard InChI is InChI=1S/C35H56O10/c1-31(2)10-8-18-19(12-31)20-6-7-24-32(3)13-22(40)29(45-30-28(43)27(42)26(41)23(15-36)44-30)35(16-37,17-38)25(32)9-11-33(24,4)34(20,5)14-21(18)39/h6,18-19,22-30,36-38,40-43H,7-17H2,1-5H3/t18-,19+,22-,23+,24+,25+,26+,27-,28+,29-,30-,32+,33+,34+/m0/s1.